The van der Waals surface area contributed by atoms with Crippen LogP contribution in [-0.4, -0.2) is 15.1 Å². The number of hydrogen-bond acceptors (Lipinski definition) is 6. The molecule has 21 heavy (non-hydrogen) atoms. The minimum absolute atomic E-state index is 0.212. The zero-order valence-corrected chi connectivity index (χ0v) is 10.9. The van der Waals surface area contributed by atoms with Crippen LogP contribution in [0.25, 0.3) is 11.5 Å². The quantitative estimate of drug-likeness (QED) is 0.729. The van der Waals surface area contributed by atoms with Crippen LogP contribution in [0.5, 0.6) is 5.75 Å². The van der Waals surface area contributed by atoms with Gasteiger partial charge in [0.25, 0.3) is 5.89 Å². The molecule has 6 nitrogen and oxygen atoms in total. The van der Waals surface area contributed by atoms with Gasteiger partial charge < -0.3 is 9.26 Å². The van der Waals surface area contributed by atoms with Crippen molar-refractivity contribution in [2.75, 3.05) is 0 Å². The standard InChI is InChI=1S/C15H10N4O2/c16-9-12-8-11(6-7-17-12)15-18-14(19-21-15)10-20-13-4-2-1-3-5-13/h1-8H,10H2. The summed E-state index contributed by atoms with van der Waals surface area (Å²) in [7, 11) is 0. The van der Waals surface area contributed by atoms with Gasteiger partial charge in [0.2, 0.25) is 5.82 Å². The second kappa shape index (κ2) is 5.84. The predicted molar refractivity (Wildman–Crippen MR) is 73.0 cm³/mol. The second-order valence-corrected chi connectivity index (χ2v) is 4.16. The number of rotatable bonds is 4. The van der Waals surface area contributed by atoms with Gasteiger partial charge in [-0.3, -0.25) is 0 Å². The molecule has 0 radical (unpaired) electrons. The van der Waals surface area contributed by atoms with Crippen LogP contribution >= 0.6 is 0 Å². The largest absolute Gasteiger partial charge is 0.485 e. The molecule has 3 rings (SSSR count). The van der Waals surface area contributed by atoms with Crippen molar-refractivity contribution in [2.24, 2.45) is 0 Å². The van der Waals surface area contributed by atoms with Gasteiger partial charge in [0, 0.05) is 11.8 Å². The highest BCUT2D eigenvalue weighted by Crippen LogP contribution is 2.18. The molecule has 0 spiro atoms. The molecule has 3 aromatic rings. The van der Waals surface area contributed by atoms with Crippen molar-refractivity contribution in [1.29, 1.82) is 5.26 Å². The van der Waals surface area contributed by atoms with E-state index in [0.29, 0.717) is 23.0 Å². The molecule has 0 amide bonds. The topological polar surface area (TPSA) is 84.8 Å². The van der Waals surface area contributed by atoms with Crippen LogP contribution in [0, 0.1) is 11.3 Å². The average molecular weight is 278 g/mol. The Kier molecular flexibility index (Phi) is 3.56. The molecule has 0 aliphatic rings. The van der Waals surface area contributed by atoms with Crippen molar-refractivity contribution in [3.05, 3.63) is 60.2 Å². The summed E-state index contributed by atoms with van der Waals surface area (Å²) in [5.74, 6) is 1.50. The highest BCUT2D eigenvalue weighted by Gasteiger charge is 2.10. The van der Waals surface area contributed by atoms with Crippen LogP contribution in [0.1, 0.15) is 11.5 Å². The van der Waals surface area contributed by atoms with Gasteiger partial charge in [-0.05, 0) is 24.3 Å². The summed E-state index contributed by atoms with van der Waals surface area (Å²) in [4.78, 5) is 8.12. The number of hydrogen-bond donors (Lipinski definition) is 0. The maximum atomic E-state index is 8.83. The minimum Gasteiger partial charge on any atom is -0.485 e. The first kappa shape index (κ1) is 12.8. The van der Waals surface area contributed by atoms with E-state index in [1.807, 2.05) is 36.4 Å². The van der Waals surface area contributed by atoms with Gasteiger partial charge in [0.05, 0.1) is 0 Å². The van der Waals surface area contributed by atoms with Crippen molar-refractivity contribution in [1.82, 2.24) is 15.1 Å². The van der Waals surface area contributed by atoms with Gasteiger partial charge in [-0.25, -0.2) is 4.98 Å². The molecule has 0 aliphatic heterocycles. The molecule has 0 unspecified atom stereocenters. The lowest BCUT2D eigenvalue weighted by Gasteiger charge is -2.01. The van der Waals surface area contributed by atoms with Gasteiger partial charge in [0.1, 0.15) is 17.5 Å². The fourth-order valence-electron chi connectivity index (χ4n) is 1.72. The van der Waals surface area contributed by atoms with Gasteiger partial charge in [-0.15, -0.1) is 0 Å². The van der Waals surface area contributed by atoms with Crippen molar-refractivity contribution in [3.63, 3.8) is 0 Å². The SMILES string of the molecule is N#Cc1cc(-c2nc(COc3ccccc3)no2)ccn1. The first-order valence-corrected chi connectivity index (χ1v) is 6.22. The van der Waals surface area contributed by atoms with Crippen LogP contribution in [0.15, 0.2) is 53.2 Å². The van der Waals surface area contributed by atoms with E-state index in [-0.39, 0.29) is 6.61 Å². The monoisotopic (exact) mass is 278 g/mol. The molecule has 2 heterocycles. The molecule has 1 aromatic carbocycles. The molecule has 0 aliphatic carbocycles. The summed E-state index contributed by atoms with van der Waals surface area (Å²) in [6.07, 6.45) is 1.53. The Hall–Kier alpha value is -3.20. The Morgan fingerprint density at radius 2 is 2.05 bits per heavy atom. The van der Waals surface area contributed by atoms with Gasteiger partial charge in [-0.1, -0.05) is 23.4 Å². The Balaban J connectivity index is 1.73. The summed E-state index contributed by atoms with van der Waals surface area (Å²) < 4.78 is 10.7. The third-order valence-corrected chi connectivity index (χ3v) is 2.70. The molecule has 0 saturated heterocycles. The Bertz CT molecular complexity index is 778. The van der Waals surface area contributed by atoms with Crippen molar-refractivity contribution in [3.8, 4) is 23.3 Å². The number of nitrogens with zero attached hydrogens (tertiary/aromatic N) is 4. The summed E-state index contributed by atoms with van der Waals surface area (Å²) >= 11 is 0. The lowest BCUT2D eigenvalue weighted by Crippen LogP contribution is -1.97. The fraction of sp³-hybridized carbons (Fsp3) is 0.0667. The zero-order chi connectivity index (χ0) is 14.5. The summed E-state index contributed by atoms with van der Waals surface area (Å²) in [5, 5.41) is 12.7. The minimum atomic E-state index is 0.212. The Morgan fingerprint density at radius 1 is 1.19 bits per heavy atom. The Labute approximate surface area is 120 Å². The van der Waals surface area contributed by atoms with E-state index in [1.54, 1.807) is 12.1 Å². The van der Waals surface area contributed by atoms with E-state index in [0.717, 1.165) is 5.75 Å². The van der Waals surface area contributed by atoms with E-state index in [9.17, 15) is 0 Å². The first-order valence-electron chi connectivity index (χ1n) is 6.22. The van der Waals surface area contributed by atoms with E-state index in [4.69, 9.17) is 14.5 Å². The number of para-hydroxylation sites is 1. The normalized spacial score (nSPS) is 10.0. The number of benzene rings is 1. The lowest BCUT2D eigenvalue weighted by molar-refractivity contribution is 0.287. The van der Waals surface area contributed by atoms with Crippen LogP contribution in [0.4, 0.5) is 0 Å². The molecule has 0 fully saturated rings. The number of pyridine rings is 1. The maximum absolute atomic E-state index is 8.83. The third kappa shape index (κ3) is 3.04. The van der Waals surface area contributed by atoms with Crippen molar-refractivity contribution >= 4 is 0 Å². The molecule has 102 valence electrons. The van der Waals surface area contributed by atoms with Crippen LogP contribution in [-0.2, 0) is 6.61 Å². The average Bonchev–Trinajstić information content (AvgIpc) is 3.03. The highest BCUT2D eigenvalue weighted by atomic mass is 16.5. The molecule has 0 atom stereocenters. The maximum Gasteiger partial charge on any atom is 0.258 e. The second-order valence-electron chi connectivity index (χ2n) is 4.16. The van der Waals surface area contributed by atoms with Gasteiger partial charge in [0.15, 0.2) is 6.61 Å². The number of ether oxygens (including phenoxy) is 1. The first-order chi connectivity index (χ1) is 10.3. The zero-order valence-electron chi connectivity index (χ0n) is 10.9. The molecule has 2 aromatic heterocycles. The van der Waals surface area contributed by atoms with E-state index >= 15 is 0 Å². The van der Waals surface area contributed by atoms with Crippen molar-refractivity contribution < 1.29 is 9.26 Å². The van der Waals surface area contributed by atoms with Crippen molar-refractivity contribution in [2.45, 2.75) is 6.61 Å². The number of nitriles is 1. The molecule has 0 N–H and O–H groups in total. The van der Waals surface area contributed by atoms with Crippen LogP contribution in [0.2, 0.25) is 0 Å². The van der Waals surface area contributed by atoms with Gasteiger partial charge in [-0.2, -0.15) is 10.2 Å². The lowest BCUT2D eigenvalue weighted by atomic mass is 10.2. The summed E-state index contributed by atoms with van der Waals surface area (Å²) in [6, 6.07) is 14.6. The highest BCUT2D eigenvalue weighted by molar-refractivity contribution is 5.53. The molecule has 6 heteroatoms. The van der Waals surface area contributed by atoms with Gasteiger partial charge >= 0.3 is 0 Å². The third-order valence-electron chi connectivity index (χ3n) is 2.70. The molecular formula is C15H10N4O2. The smallest absolute Gasteiger partial charge is 0.258 e. The van der Waals surface area contributed by atoms with Crippen LogP contribution < -0.4 is 4.74 Å². The number of aromatic nitrogens is 3. The molecular weight excluding hydrogens is 268 g/mol. The molecule has 0 bridgehead atoms. The summed E-state index contributed by atoms with van der Waals surface area (Å²) in [5.41, 5.74) is 0.952. The molecule has 0 saturated carbocycles. The van der Waals surface area contributed by atoms with Crippen LogP contribution in [0.3, 0.4) is 0 Å². The summed E-state index contributed by atoms with van der Waals surface area (Å²) in [6.45, 7) is 0.212. The van der Waals surface area contributed by atoms with E-state index in [1.165, 1.54) is 6.20 Å². The fourth-order valence-corrected chi connectivity index (χ4v) is 1.72. The van der Waals surface area contributed by atoms with E-state index < -0.39 is 0 Å². The predicted octanol–water partition coefficient (Wildman–Crippen LogP) is 2.58. The Morgan fingerprint density at radius 3 is 2.86 bits per heavy atom. The van der Waals surface area contributed by atoms with E-state index in [2.05, 4.69) is 15.1 Å².